The molecule has 1 atom stereocenters. The van der Waals surface area contributed by atoms with Gasteiger partial charge >= 0.3 is 0 Å². The molecule has 1 unspecified atom stereocenters. The summed E-state index contributed by atoms with van der Waals surface area (Å²) in [5.74, 6) is 0.362. The van der Waals surface area contributed by atoms with Gasteiger partial charge < -0.3 is 10.1 Å². The molecule has 0 aliphatic carbocycles. The second-order valence-electron chi connectivity index (χ2n) is 4.83. The predicted molar refractivity (Wildman–Crippen MR) is 80.4 cm³/mol. The van der Waals surface area contributed by atoms with Crippen LogP contribution in [0.3, 0.4) is 0 Å². The van der Waals surface area contributed by atoms with Crippen LogP contribution in [0.25, 0.3) is 0 Å². The summed E-state index contributed by atoms with van der Waals surface area (Å²) >= 11 is 0. The Bertz CT molecular complexity index is 529. The van der Waals surface area contributed by atoms with Gasteiger partial charge in [0.25, 0.3) is 0 Å². The fourth-order valence-corrected chi connectivity index (χ4v) is 3.56. The zero-order chi connectivity index (χ0) is 15.2. The molecule has 20 heavy (non-hydrogen) atoms. The third kappa shape index (κ3) is 4.47. The van der Waals surface area contributed by atoms with Crippen molar-refractivity contribution >= 4 is 10.0 Å². The number of methoxy groups -OCH3 is 1. The number of nitrogens with one attached hydrogen (secondary N) is 2. The second-order valence-corrected chi connectivity index (χ2v) is 6.51. The third-order valence-corrected chi connectivity index (χ3v) is 4.59. The largest absolute Gasteiger partial charge is 0.495 e. The van der Waals surface area contributed by atoms with Crippen LogP contribution in [0.4, 0.5) is 0 Å². The molecule has 0 bridgehead atoms. The first-order valence-corrected chi connectivity index (χ1v) is 8.26. The van der Waals surface area contributed by atoms with Crippen molar-refractivity contribution in [2.45, 2.75) is 44.2 Å². The number of sulfonamides is 1. The Morgan fingerprint density at radius 1 is 1.35 bits per heavy atom. The lowest BCUT2D eigenvalue weighted by Crippen LogP contribution is -2.32. The Labute approximate surface area is 121 Å². The van der Waals surface area contributed by atoms with Gasteiger partial charge in [0.15, 0.2) is 0 Å². The summed E-state index contributed by atoms with van der Waals surface area (Å²) in [5, 5.41) is 3.01. The highest BCUT2D eigenvalue weighted by Gasteiger charge is 2.21. The third-order valence-electron chi connectivity index (χ3n) is 2.98. The van der Waals surface area contributed by atoms with Gasteiger partial charge in [-0.1, -0.05) is 19.4 Å². The van der Waals surface area contributed by atoms with E-state index in [9.17, 15) is 8.42 Å². The summed E-state index contributed by atoms with van der Waals surface area (Å²) in [7, 11) is -0.275. The van der Waals surface area contributed by atoms with Crippen LogP contribution in [0, 0.1) is 0 Å². The van der Waals surface area contributed by atoms with Crippen molar-refractivity contribution in [2.75, 3.05) is 14.2 Å². The number of rotatable bonds is 8. The van der Waals surface area contributed by atoms with Crippen LogP contribution in [-0.2, 0) is 16.6 Å². The normalized spacial score (nSPS) is 13.2. The van der Waals surface area contributed by atoms with Crippen molar-refractivity contribution in [2.24, 2.45) is 0 Å². The van der Waals surface area contributed by atoms with E-state index in [1.54, 1.807) is 12.1 Å². The highest BCUT2D eigenvalue weighted by molar-refractivity contribution is 7.89. The van der Waals surface area contributed by atoms with Crippen molar-refractivity contribution in [3.8, 4) is 5.75 Å². The van der Waals surface area contributed by atoms with Gasteiger partial charge in [-0.25, -0.2) is 13.1 Å². The second kappa shape index (κ2) is 7.61. The lowest BCUT2D eigenvalue weighted by atomic mass is 10.2. The standard InChI is InChI=1S/C14H24N2O3S/c1-5-6-11(2)16-20(17,18)14-9-12(10-15-3)7-8-13(14)19-4/h7-9,11,15-16H,5-6,10H2,1-4H3. The molecular weight excluding hydrogens is 276 g/mol. The van der Waals surface area contributed by atoms with Crippen LogP contribution in [0.2, 0.25) is 0 Å². The summed E-state index contributed by atoms with van der Waals surface area (Å²) in [5.41, 5.74) is 0.900. The molecule has 0 radical (unpaired) electrons. The van der Waals surface area contributed by atoms with Crippen molar-refractivity contribution in [1.29, 1.82) is 0 Å². The molecule has 0 aromatic heterocycles. The lowest BCUT2D eigenvalue weighted by Gasteiger charge is -2.16. The molecule has 0 amide bonds. The topological polar surface area (TPSA) is 67.4 Å². The van der Waals surface area contributed by atoms with E-state index in [2.05, 4.69) is 10.0 Å². The molecule has 0 spiro atoms. The Hall–Kier alpha value is -1.11. The Balaban J connectivity index is 3.11. The molecule has 0 aliphatic rings. The Morgan fingerprint density at radius 2 is 2.05 bits per heavy atom. The van der Waals surface area contributed by atoms with E-state index in [4.69, 9.17) is 4.74 Å². The van der Waals surface area contributed by atoms with Crippen molar-refractivity contribution in [3.05, 3.63) is 23.8 Å². The zero-order valence-electron chi connectivity index (χ0n) is 12.6. The molecule has 6 heteroatoms. The maximum atomic E-state index is 12.4. The van der Waals surface area contributed by atoms with Crippen LogP contribution in [0.5, 0.6) is 5.75 Å². The highest BCUT2D eigenvalue weighted by atomic mass is 32.2. The Morgan fingerprint density at radius 3 is 2.60 bits per heavy atom. The molecule has 1 aromatic rings. The van der Waals surface area contributed by atoms with Crippen molar-refractivity contribution in [1.82, 2.24) is 10.0 Å². The molecule has 0 fully saturated rings. The molecule has 114 valence electrons. The summed E-state index contributed by atoms with van der Waals surface area (Å²) in [6, 6.07) is 5.09. The van der Waals surface area contributed by atoms with Gasteiger partial charge in [0.1, 0.15) is 10.6 Å². The number of ether oxygens (including phenoxy) is 1. The minimum absolute atomic E-state index is 0.0948. The van der Waals surface area contributed by atoms with Gasteiger partial charge in [-0.2, -0.15) is 0 Å². The minimum atomic E-state index is -3.57. The predicted octanol–water partition coefficient (Wildman–Crippen LogP) is 1.88. The van der Waals surface area contributed by atoms with Gasteiger partial charge in [-0.3, -0.25) is 0 Å². The van der Waals surface area contributed by atoms with Crippen LogP contribution < -0.4 is 14.8 Å². The summed E-state index contributed by atoms with van der Waals surface area (Å²) in [6.07, 6.45) is 1.73. The maximum absolute atomic E-state index is 12.4. The fraction of sp³-hybridized carbons (Fsp3) is 0.571. The van der Waals surface area contributed by atoms with E-state index in [1.165, 1.54) is 7.11 Å². The molecule has 5 nitrogen and oxygen atoms in total. The van der Waals surface area contributed by atoms with Crippen molar-refractivity contribution in [3.63, 3.8) is 0 Å². The van der Waals surface area contributed by atoms with E-state index < -0.39 is 10.0 Å². The lowest BCUT2D eigenvalue weighted by molar-refractivity contribution is 0.401. The number of hydrogen-bond acceptors (Lipinski definition) is 4. The SMILES string of the molecule is CCCC(C)NS(=O)(=O)c1cc(CNC)ccc1OC. The van der Waals surface area contributed by atoms with Crippen LogP contribution in [-0.4, -0.2) is 28.6 Å². The van der Waals surface area contributed by atoms with Crippen molar-refractivity contribution < 1.29 is 13.2 Å². The maximum Gasteiger partial charge on any atom is 0.244 e. The minimum Gasteiger partial charge on any atom is -0.495 e. The highest BCUT2D eigenvalue weighted by Crippen LogP contribution is 2.25. The van der Waals surface area contributed by atoms with Crippen LogP contribution in [0.15, 0.2) is 23.1 Å². The van der Waals surface area contributed by atoms with Gasteiger partial charge in [0, 0.05) is 12.6 Å². The van der Waals surface area contributed by atoms with E-state index in [0.29, 0.717) is 12.3 Å². The average Bonchev–Trinajstić information content (AvgIpc) is 2.38. The van der Waals surface area contributed by atoms with Gasteiger partial charge in [0.2, 0.25) is 10.0 Å². The summed E-state index contributed by atoms with van der Waals surface area (Å²) in [6.45, 7) is 4.50. The van der Waals surface area contributed by atoms with Gasteiger partial charge in [0.05, 0.1) is 7.11 Å². The van der Waals surface area contributed by atoms with Crippen LogP contribution >= 0.6 is 0 Å². The molecule has 1 rings (SSSR count). The van der Waals surface area contributed by atoms with E-state index in [0.717, 1.165) is 18.4 Å². The zero-order valence-corrected chi connectivity index (χ0v) is 13.4. The Kier molecular flexibility index (Phi) is 6.45. The fourth-order valence-electron chi connectivity index (χ4n) is 2.07. The molecule has 0 heterocycles. The average molecular weight is 300 g/mol. The first kappa shape index (κ1) is 16.9. The molecule has 0 aliphatic heterocycles. The van der Waals surface area contributed by atoms with E-state index in [1.807, 2.05) is 27.0 Å². The summed E-state index contributed by atoms with van der Waals surface area (Å²) in [4.78, 5) is 0.190. The van der Waals surface area contributed by atoms with Gasteiger partial charge in [-0.15, -0.1) is 0 Å². The molecule has 2 N–H and O–H groups in total. The molecule has 0 saturated heterocycles. The molecular formula is C14H24N2O3S. The quantitative estimate of drug-likeness (QED) is 0.769. The smallest absolute Gasteiger partial charge is 0.244 e. The first-order chi connectivity index (χ1) is 9.44. The first-order valence-electron chi connectivity index (χ1n) is 6.78. The molecule has 0 saturated carbocycles. The van der Waals surface area contributed by atoms with Gasteiger partial charge in [-0.05, 0) is 38.1 Å². The number of hydrogen-bond donors (Lipinski definition) is 2. The van der Waals surface area contributed by atoms with Crippen LogP contribution in [0.1, 0.15) is 32.3 Å². The molecule has 1 aromatic carbocycles. The van der Waals surface area contributed by atoms with E-state index in [-0.39, 0.29) is 10.9 Å². The monoisotopic (exact) mass is 300 g/mol. The number of benzene rings is 1. The summed E-state index contributed by atoms with van der Waals surface area (Å²) < 4.78 is 32.7. The van der Waals surface area contributed by atoms with E-state index >= 15 is 0 Å².